The summed E-state index contributed by atoms with van der Waals surface area (Å²) in [7, 11) is -2.65. The van der Waals surface area contributed by atoms with E-state index in [1.807, 2.05) is 0 Å². The van der Waals surface area contributed by atoms with Crippen LogP contribution in [0.2, 0.25) is 0 Å². The number of hydrogen-bond acceptors (Lipinski definition) is 4. The Hall–Kier alpha value is 0.370. The standard InChI is InChI=1S/C10H21O3PS/c1-2-3-4-5-6-7-9-15-10-8-13-14(11)12/h2-10H2,1H3. The van der Waals surface area contributed by atoms with Crippen LogP contribution in [0.5, 0.6) is 0 Å². The average Bonchev–Trinajstić information content (AvgIpc) is 2.20. The van der Waals surface area contributed by atoms with Gasteiger partial charge in [0.15, 0.2) is 0 Å². The fourth-order valence-electron chi connectivity index (χ4n) is 1.26. The molecule has 0 aromatic carbocycles. The van der Waals surface area contributed by atoms with Gasteiger partial charge < -0.3 is 4.89 Å². The fourth-order valence-corrected chi connectivity index (χ4v) is 2.43. The van der Waals surface area contributed by atoms with E-state index in [1.165, 1.54) is 38.5 Å². The van der Waals surface area contributed by atoms with Gasteiger partial charge in [0, 0.05) is 5.75 Å². The Balaban J connectivity index is 2.89. The molecule has 0 aliphatic carbocycles. The van der Waals surface area contributed by atoms with Gasteiger partial charge in [-0.25, -0.2) is 0 Å². The highest BCUT2D eigenvalue weighted by atomic mass is 32.2. The molecule has 0 N–H and O–H groups in total. The zero-order chi connectivity index (χ0) is 11.4. The van der Waals surface area contributed by atoms with Crippen LogP contribution in [0.15, 0.2) is 0 Å². The minimum Gasteiger partial charge on any atom is -0.566 e. The van der Waals surface area contributed by atoms with Crippen molar-refractivity contribution in [3.63, 3.8) is 0 Å². The number of unbranched alkanes of at least 4 members (excludes halogenated alkanes) is 5. The molecule has 0 spiro atoms. The topological polar surface area (TPSA) is 49.4 Å². The van der Waals surface area contributed by atoms with Crippen molar-refractivity contribution in [3.05, 3.63) is 0 Å². The summed E-state index contributed by atoms with van der Waals surface area (Å²) >= 11 is 1.77. The van der Waals surface area contributed by atoms with Crippen LogP contribution in [0, 0.1) is 0 Å². The molecule has 90 valence electrons. The highest BCUT2D eigenvalue weighted by molar-refractivity contribution is 7.99. The van der Waals surface area contributed by atoms with Crippen LogP contribution in [0.3, 0.4) is 0 Å². The third-order valence-electron chi connectivity index (χ3n) is 2.07. The molecule has 0 fully saturated rings. The fraction of sp³-hybridized carbons (Fsp3) is 1.00. The van der Waals surface area contributed by atoms with Crippen LogP contribution < -0.4 is 4.89 Å². The molecule has 0 bridgehead atoms. The first-order valence-corrected chi connectivity index (χ1v) is 7.87. The van der Waals surface area contributed by atoms with Crippen LogP contribution in [0.4, 0.5) is 0 Å². The molecule has 0 heterocycles. The van der Waals surface area contributed by atoms with Gasteiger partial charge >= 0.3 is 8.25 Å². The van der Waals surface area contributed by atoms with Gasteiger partial charge in [-0.1, -0.05) is 39.0 Å². The normalized spacial score (nSPS) is 11.7. The summed E-state index contributed by atoms with van der Waals surface area (Å²) in [4.78, 5) is 10.0. The second kappa shape index (κ2) is 12.4. The lowest BCUT2D eigenvalue weighted by Gasteiger charge is -2.00. The SMILES string of the molecule is CCCCCCCCSCCO[P+](=O)[O-]. The molecule has 0 aliphatic rings. The van der Waals surface area contributed by atoms with Crippen LogP contribution in [-0.4, -0.2) is 18.1 Å². The second-order valence-corrected chi connectivity index (χ2v) is 5.37. The van der Waals surface area contributed by atoms with E-state index in [1.54, 1.807) is 11.8 Å². The third-order valence-corrected chi connectivity index (χ3v) is 3.49. The lowest BCUT2D eigenvalue weighted by atomic mass is 10.1. The van der Waals surface area contributed by atoms with Gasteiger partial charge in [-0.05, 0) is 16.7 Å². The quantitative estimate of drug-likeness (QED) is 0.419. The van der Waals surface area contributed by atoms with Crippen LogP contribution in [0.1, 0.15) is 45.4 Å². The summed E-state index contributed by atoms with van der Waals surface area (Å²) in [6.07, 6.45) is 7.84. The van der Waals surface area contributed by atoms with Gasteiger partial charge in [0.2, 0.25) is 0 Å². The van der Waals surface area contributed by atoms with Gasteiger partial charge in [-0.2, -0.15) is 11.8 Å². The van der Waals surface area contributed by atoms with E-state index >= 15 is 0 Å². The maximum Gasteiger partial charge on any atom is 0.488 e. The van der Waals surface area contributed by atoms with Gasteiger partial charge in [-0.3, -0.25) is 0 Å². The van der Waals surface area contributed by atoms with E-state index < -0.39 is 8.25 Å². The molecule has 1 atom stereocenters. The molecule has 0 saturated carbocycles. The van der Waals surface area contributed by atoms with E-state index in [2.05, 4.69) is 11.4 Å². The molecule has 0 amide bonds. The average molecular weight is 252 g/mol. The Morgan fingerprint density at radius 3 is 2.47 bits per heavy atom. The maximum absolute atomic E-state index is 10.0. The second-order valence-electron chi connectivity index (χ2n) is 3.44. The molecule has 3 nitrogen and oxygen atoms in total. The van der Waals surface area contributed by atoms with Crippen molar-refractivity contribution >= 4 is 20.0 Å². The van der Waals surface area contributed by atoms with Crippen molar-refractivity contribution in [1.82, 2.24) is 0 Å². The highest BCUT2D eigenvalue weighted by Crippen LogP contribution is 2.12. The van der Waals surface area contributed by atoms with Crippen molar-refractivity contribution in [2.75, 3.05) is 18.1 Å². The predicted octanol–water partition coefficient (Wildman–Crippen LogP) is 3.11. The molecule has 0 saturated heterocycles. The summed E-state index contributed by atoms with van der Waals surface area (Å²) in [5, 5.41) is 0. The molecule has 5 heteroatoms. The van der Waals surface area contributed by atoms with Crippen LogP contribution in [0.25, 0.3) is 0 Å². The van der Waals surface area contributed by atoms with Gasteiger partial charge in [0.05, 0.1) is 0 Å². The predicted molar refractivity (Wildman–Crippen MR) is 64.3 cm³/mol. The van der Waals surface area contributed by atoms with Crippen molar-refractivity contribution in [2.24, 2.45) is 0 Å². The first-order chi connectivity index (χ1) is 7.27. The smallest absolute Gasteiger partial charge is 0.488 e. The van der Waals surface area contributed by atoms with Crippen LogP contribution in [-0.2, 0) is 9.09 Å². The molecular formula is C10H21O3PS. The summed E-state index contributed by atoms with van der Waals surface area (Å²) in [6, 6.07) is 0. The molecule has 0 aliphatic heterocycles. The molecular weight excluding hydrogens is 231 g/mol. The van der Waals surface area contributed by atoms with E-state index in [-0.39, 0.29) is 0 Å². The van der Waals surface area contributed by atoms with Crippen LogP contribution >= 0.6 is 20.0 Å². The van der Waals surface area contributed by atoms with Crippen molar-refractivity contribution < 1.29 is 14.0 Å². The lowest BCUT2D eigenvalue weighted by Crippen LogP contribution is -1.97. The Bertz CT molecular complexity index is 156. The van der Waals surface area contributed by atoms with E-state index in [4.69, 9.17) is 0 Å². The maximum atomic E-state index is 10.0. The van der Waals surface area contributed by atoms with E-state index in [9.17, 15) is 9.46 Å². The Kier molecular flexibility index (Phi) is 12.7. The monoisotopic (exact) mass is 252 g/mol. The minimum absolute atomic E-state index is 0.319. The molecule has 0 aromatic rings. The molecule has 0 rings (SSSR count). The van der Waals surface area contributed by atoms with E-state index in [0.717, 1.165) is 11.5 Å². The summed E-state index contributed by atoms with van der Waals surface area (Å²) in [5.74, 6) is 1.89. The Morgan fingerprint density at radius 2 is 1.80 bits per heavy atom. The third kappa shape index (κ3) is 14.4. The van der Waals surface area contributed by atoms with Crippen molar-refractivity contribution in [3.8, 4) is 0 Å². The largest absolute Gasteiger partial charge is 0.566 e. The summed E-state index contributed by atoms with van der Waals surface area (Å²) in [5.41, 5.74) is 0. The summed E-state index contributed by atoms with van der Waals surface area (Å²) in [6.45, 7) is 2.54. The lowest BCUT2D eigenvalue weighted by molar-refractivity contribution is -0.185. The molecule has 0 radical (unpaired) electrons. The first-order valence-electron chi connectivity index (χ1n) is 5.62. The minimum atomic E-state index is -2.65. The van der Waals surface area contributed by atoms with Crippen molar-refractivity contribution in [2.45, 2.75) is 45.4 Å². The highest BCUT2D eigenvalue weighted by Gasteiger charge is 1.99. The zero-order valence-corrected chi connectivity index (χ0v) is 11.2. The first kappa shape index (κ1) is 15.4. The molecule has 0 aromatic heterocycles. The van der Waals surface area contributed by atoms with Gasteiger partial charge in [0.25, 0.3) is 0 Å². The van der Waals surface area contributed by atoms with Gasteiger partial charge in [0.1, 0.15) is 6.61 Å². The van der Waals surface area contributed by atoms with Gasteiger partial charge in [-0.15, -0.1) is 4.52 Å². The van der Waals surface area contributed by atoms with E-state index in [0.29, 0.717) is 6.61 Å². The number of rotatable bonds is 11. The number of thioether (sulfide) groups is 1. The Labute approximate surface area is 97.9 Å². The Morgan fingerprint density at radius 1 is 1.13 bits per heavy atom. The molecule has 15 heavy (non-hydrogen) atoms. The molecule has 1 unspecified atom stereocenters. The summed E-state index contributed by atoms with van der Waals surface area (Å²) < 4.78 is 14.5. The van der Waals surface area contributed by atoms with Crippen molar-refractivity contribution in [1.29, 1.82) is 0 Å². The number of hydrogen-bond donors (Lipinski definition) is 0. The zero-order valence-electron chi connectivity index (χ0n) is 9.44.